The number of allylic oxidation sites excluding steroid dienone is 1. The van der Waals surface area contributed by atoms with E-state index in [4.69, 9.17) is 17.3 Å². The predicted molar refractivity (Wildman–Crippen MR) is 73.4 cm³/mol. The third kappa shape index (κ3) is 3.60. The van der Waals surface area contributed by atoms with E-state index in [2.05, 4.69) is 6.58 Å². The van der Waals surface area contributed by atoms with E-state index in [0.29, 0.717) is 12.8 Å². The summed E-state index contributed by atoms with van der Waals surface area (Å²) in [4.78, 5) is 10.3. The molecule has 0 heterocycles. The maximum Gasteiger partial charge on any atom is 0.277 e. The molecule has 0 aromatic heterocycles. The summed E-state index contributed by atoms with van der Waals surface area (Å²) in [6.45, 7) is 3.55. The molecule has 5 nitrogen and oxygen atoms in total. The largest absolute Gasteiger partial charge is 0.506 e. The van der Waals surface area contributed by atoms with Gasteiger partial charge in [-0.3, -0.25) is 10.1 Å². The maximum atomic E-state index is 10.8. The molecular formula is C11H14Cl2N2O3. The summed E-state index contributed by atoms with van der Waals surface area (Å²) in [7, 11) is 0. The maximum absolute atomic E-state index is 10.8. The predicted octanol–water partition coefficient (Wildman–Crippen LogP) is 3.34. The van der Waals surface area contributed by atoms with Crippen molar-refractivity contribution >= 4 is 29.7 Å². The third-order valence-corrected chi connectivity index (χ3v) is 2.70. The number of nitrogens with two attached hydrogens (primary N) is 1. The summed E-state index contributed by atoms with van der Waals surface area (Å²) in [6, 6.07) is 1.87. The van der Waals surface area contributed by atoms with Crippen molar-refractivity contribution in [3.63, 3.8) is 0 Å². The standard InChI is InChI=1S/C11H13ClN2O3.ClH/c1-2-3-4-8(13)10-9(14(16)17)6-5-7(12)11(10)15;/h2,5-6,8,15H,1,3-4,13H2;1H/t8-;/m0./s1. The molecule has 0 saturated heterocycles. The highest BCUT2D eigenvalue weighted by atomic mass is 35.5. The Morgan fingerprint density at radius 1 is 1.61 bits per heavy atom. The second-order valence-corrected chi connectivity index (χ2v) is 3.97. The Labute approximate surface area is 116 Å². The monoisotopic (exact) mass is 292 g/mol. The highest BCUT2D eigenvalue weighted by Crippen LogP contribution is 2.38. The van der Waals surface area contributed by atoms with E-state index >= 15 is 0 Å². The number of hydrogen-bond donors (Lipinski definition) is 2. The minimum atomic E-state index is -0.646. The van der Waals surface area contributed by atoms with Gasteiger partial charge in [-0.1, -0.05) is 17.7 Å². The molecule has 0 fully saturated rings. The minimum absolute atomic E-state index is 0. The fraction of sp³-hybridized carbons (Fsp3) is 0.273. The van der Waals surface area contributed by atoms with Gasteiger partial charge in [0.1, 0.15) is 5.75 Å². The molecule has 0 aliphatic carbocycles. The second-order valence-electron chi connectivity index (χ2n) is 3.56. The average Bonchev–Trinajstić information content (AvgIpc) is 2.28. The molecule has 0 bridgehead atoms. The molecule has 3 N–H and O–H groups in total. The molecule has 1 aromatic rings. The zero-order valence-corrected chi connectivity index (χ0v) is 11.1. The number of benzene rings is 1. The van der Waals surface area contributed by atoms with E-state index in [1.54, 1.807) is 6.08 Å². The van der Waals surface area contributed by atoms with Gasteiger partial charge in [-0.05, 0) is 18.9 Å². The van der Waals surface area contributed by atoms with E-state index in [1.165, 1.54) is 12.1 Å². The van der Waals surface area contributed by atoms with Crippen LogP contribution in [0.4, 0.5) is 5.69 Å². The van der Waals surface area contributed by atoms with Crippen molar-refractivity contribution in [3.8, 4) is 5.75 Å². The fourth-order valence-electron chi connectivity index (χ4n) is 1.54. The fourth-order valence-corrected chi connectivity index (χ4v) is 1.70. The van der Waals surface area contributed by atoms with Crippen LogP contribution >= 0.6 is 24.0 Å². The number of nitrogens with zero attached hydrogens (tertiary/aromatic N) is 1. The van der Waals surface area contributed by atoms with Crippen LogP contribution in [0.2, 0.25) is 5.02 Å². The summed E-state index contributed by atoms with van der Waals surface area (Å²) in [6.07, 6.45) is 2.72. The van der Waals surface area contributed by atoms with Crippen molar-refractivity contribution < 1.29 is 10.0 Å². The Morgan fingerprint density at radius 3 is 2.72 bits per heavy atom. The first-order valence-corrected chi connectivity index (χ1v) is 5.39. The SMILES string of the molecule is C=CCC[C@H](N)c1c([N+](=O)[O-])ccc(Cl)c1O.Cl. The Morgan fingerprint density at radius 2 is 2.22 bits per heavy atom. The van der Waals surface area contributed by atoms with Crippen LogP contribution in [0.25, 0.3) is 0 Å². The van der Waals surface area contributed by atoms with Gasteiger partial charge in [0, 0.05) is 12.1 Å². The summed E-state index contributed by atoms with van der Waals surface area (Å²) in [5, 5.41) is 20.6. The zero-order valence-electron chi connectivity index (χ0n) is 9.51. The molecule has 7 heteroatoms. The smallest absolute Gasteiger partial charge is 0.277 e. The number of rotatable bonds is 5. The minimum Gasteiger partial charge on any atom is -0.506 e. The van der Waals surface area contributed by atoms with E-state index in [9.17, 15) is 15.2 Å². The molecule has 0 aliphatic rings. The summed E-state index contributed by atoms with van der Waals surface area (Å²) in [5.41, 5.74) is 5.67. The third-order valence-electron chi connectivity index (χ3n) is 2.39. The lowest BCUT2D eigenvalue weighted by Gasteiger charge is -2.13. The van der Waals surface area contributed by atoms with Crippen molar-refractivity contribution in [3.05, 3.63) is 45.5 Å². The van der Waals surface area contributed by atoms with Crippen LogP contribution in [0.3, 0.4) is 0 Å². The van der Waals surface area contributed by atoms with Gasteiger partial charge in [-0.15, -0.1) is 19.0 Å². The summed E-state index contributed by atoms with van der Waals surface area (Å²) >= 11 is 5.72. The van der Waals surface area contributed by atoms with E-state index in [-0.39, 0.29) is 34.4 Å². The van der Waals surface area contributed by atoms with Gasteiger partial charge in [0.2, 0.25) is 0 Å². The molecule has 0 radical (unpaired) electrons. The molecular weight excluding hydrogens is 279 g/mol. The van der Waals surface area contributed by atoms with Crippen molar-refractivity contribution in [1.29, 1.82) is 0 Å². The van der Waals surface area contributed by atoms with Crippen molar-refractivity contribution in [2.24, 2.45) is 5.73 Å². The van der Waals surface area contributed by atoms with Gasteiger partial charge in [0.05, 0.1) is 15.5 Å². The van der Waals surface area contributed by atoms with Crippen molar-refractivity contribution in [1.82, 2.24) is 0 Å². The van der Waals surface area contributed by atoms with Gasteiger partial charge in [0.15, 0.2) is 0 Å². The van der Waals surface area contributed by atoms with E-state index in [0.717, 1.165) is 0 Å². The van der Waals surface area contributed by atoms with Gasteiger partial charge in [-0.25, -0.2) is 0 Å². The van der Waals surface area contributed by atoms with Gasteiger partial charge >= 0.3 is 0 Å². The first-order chi connectivity index (χ1) is 7.99. The van der Waals surface area contributed by atoms with Gasteiger partial charge < -0.3 is 10.8 Å². The molecule has 0 spiro atoms. The number of nitro groups is 1. The lowest BCUT2D eigenvalue weighted by molar-refractivity contribution is -0.385. The molecule has 1 rings (SSSR count). The average molecular weight is 293 g/mol. The van der Waals surface area contributed by atoms with Crippen LogP contribution in [0.5, 0.6) is 5.75 Å². The number of aromatic hydroxyl groups is 1. The lowest BCUT2D eigenvalue weighted by atomic mass is 10.00. The number of hydrogen-bond acceptors (Lipinski definition) is 4. The normalized spacial score (nSPS) is 11.4. The van der Waals surface area contributed by atoms with Crippen molar-refractivity contribution in [2.75, 3.05) is 0 Å². The molecule has 100 valence electrons. The molecule has 0 amide bonds. The Bertz CT molecular complexity index is 452. The van der Waals surface area contributed by atoms with Crippen LogP contribution in [0, 0.1) is 10.1 Å². The van der Waals surface area contributed by atoms with E-state index in [1.807, 2.05) is 0 Å². The Kier molecular flexibility index (Phi) is 6.68. The van der Waals surface area contributed by atoms with Crippen LogP contribution in [0.15, 0.2) is 24.8 Å². The highest BCUT2D eigenvalue weighted by molar-refractivity contribution is 6.32. The first kappa shape index (κ1) is 16.7. The van der Waals surface area contributed by atoms with Crippen LogP contribution in [-0.2, 0) is 0 Å². The van der Waals surface area contributed by atoms with Gasteiger partial charge in [0.25, 0.3) is 5.69 Å². The molecule has 0 saturated carbocycles. The molecule has 0 unspecified atom stereocenters. The van der Waals surface area contributed by atoms with Crippen molar-refractivity contribution in [2.45, 2.75) is 18.9 Å². The Balaban J connectivity index is 0.00000289. The second kappa shape index (κ2) is 7.20. The van der Waals surface area contributed by atoms with Crippen LogP contribution < -0.4 is 5.73 Å². The quantitative estimate of drug-likeness (QED) is 0.495. The van der Waals surface area contributed by atoms with Crippen LogP contribution in [-0.4, -0.2) is 10.0 Å². The summed E-state index contributed by atoms with van der Waals surface area (Å²) < 4.78 is 0. The number of phenols is 1. The number of nitro benzene ring substituents is 1. The van der Waals surface area contributed by atoms with Gasteiger partial charge in [-0.2, -0.15) is 0 Å². The molecule has 18 heavy (non-hydrogen) atoms. The molecule has 1 atom stereocenters. The number of phenolic OH excluding ortho intramolecular Hbond substituents is 1. The van der Waals surface area contributed by atoms with E-state index < -0.39 is 11.0 Å². The highest BCUT2D eigenvalue weighted by Gasteiger charge is 2.24. The molecule has 1 aromatic carbocycles. The number of halogens is 2. The molecule has 0 aliphatic heterocycles. The summed E-state index contributed by atoms with van der Waals surface area (Å²) in [5.74, 6) is -0.322. The Hall–Kier alpha value is -1.30. The first-order valence-electron chi connectivity index (χ1n) is 5.01. The topological polar surface area (TPSA) is 89.4 Å². The lowest BCUT2D eigenvalue weighted by Crippen LogP contribution is -2.12. The van der Waals surface area contributed by atoms with Crippen LogP contribution in [0.1, 0.15) is 24.4 Å². The zero-order chi connectivity index (χ0) is 13.0.